The van der Waals surface area contributed by atoms with Gasteiger partial charge in [-0.15, -0.1) is 0 Å². The van der Waals surface area contributed by atoms with Gasteiger partial charge in [0.25, 0.3) is 0 Å². The predicted molar refractivity (Wildman–Crippen MR) is 375 cm³/mol. The molecule has 3 aromatic heterocycles. The van der Waals surface area contributed by atoms with Crippen molar-refractivity contribution < 1.29 is 68.4 Å². The van der Waals surface area contributed by atoms with Crippen molar-refractivity contribution in [1.29, 1.82) is 0 Å². The number of unbranched alkanes of at least 4 members (excludes halogenated alkanes) is 1. The summed E-state index contributed by atoms with van der Waals surface area (Å²) < 4.78 is 29.9. The summed E-state index contributed by atoms with van der Waals surface area (Å²) in [6, 6.07) is 10.8. The molecule has 8 atom stereocenters. The topological polar surface area (TPSA) is 388 Å². The summed E-state index contributed by atoms with van der Waals surface area (Å²) in [5.74, 6) is -8.16. The van der Waals surface area contributed by atoms with E-state index in [0.29, 0.717) is 82.1 Å². The van der Waals surface area contributed by atoms with Gasteiger partial charge in [0.05, 0.1) is 12.7 Å². The van der Waals surface area contributed by atoms with Crippen LogP contribution in [-0.2, 0) is 85.1 Å². The van der Waals surface area contributed by atoms with Crippen molar-refractivity contribution >= 4 is 104 Å². The van der Waals surface area contributed by atoms with Crippen LogP contribution in [0.2, 0.25) is 0 Å². The smallest absolute Gasteiger partial charge is 0.305 e. The number of hydrogen-bond donors (Lipinski definition) is 13. The third-order valence-electron chi connectivity index (χ3n) is 17.9. The van der Waals surface area contributed by atoms with E-state index < -0.39 is 131 Å². The molecule has 2 bridgehead atoms. The second-order valence-corrected chi connectivity index (χ2v) is 27.5. The average Bonchev–Trinajstić information content (AvgIpc) is 1.61. The maximum atomic E-state index is 15.3. The maximum Gasteiger partial charge on any atom is 0.305 e. The van der Waals surface area contributed by atoms with Gasteiger partial charge < -0.3 is 77.9 Å². The van der Waals surface area contributed by atoms with Gasteiger partial charge in [-0.05, 0) is 129 Å². The zero-order chi connectivity index (χ0) is 71.6. The van der Waals surface area contributed by atoms with Gasteiger partial charge in [0, 0.05) is 123 Å². The molecule has 26 nitrogen and oxygen atoms in total. The normalized spacial score (nSPS) is 23.0. The average molecular weight is 1420 g/mol. The number of aliphatic carboxylic acids is 1. The number of carboxylic acids is 1. The Bertz CT molecular complexity index is 4090. The fourth-order valence-electron chi connectivity index (χ4n) is 12.4. The number of aromatic amines is 3. The van der Waals surface area contributed by atoms with Crippen molar-refractivity contribution in [3.05, 3.63) is 155 Å². The summed E-state index contributed by atoms with van der Waals surface area (Å²) >= 11 is 3.11. The number of amides is 9. The van der Waals surface area contributed by atoms with Crippen LogP contribution < -0.4 is 43.0 Å². The Morgan fingerprint density at radius 1 is 0.680 bits per heavy atom. The first-order valence-corrected chi connectivity index (χ1v) is 35.4. The van der Waals surface area contributed by atoms with Crippen LogP contribution in [0.25, 0.3) is 21.8 Å². The fraction of sp³-hybridized carbons (Fsp3) is 0.414. The van der Waals surface area contributed by atoms with E-state index in [4.69, 9.17) is 5.73 Å². The summed E-state index contributed by atoms with van der Waals surface area (Å²) in [5.41, 5.74) is 8.77. The number of likely N-dealkylation sites (N-methyl/N-ethyl adjacent to an activating group) is 1. The number of nitrogens with zero attached hydrogens (tertiary/aromatic N) is 3. The van der Waals surface area contributed by atoms with Gasteiger partial charge in [-0.25, -0.2) is 13.8 Å². The Labute approximate surface area is 585 Å². The number of benzene rings is 4. The molecule has 7 aromatic rings. The number of halogens is 2. The van der Waals surface area contributed by atoms with Gasteiger partial charge in [-0.1, -0.05) is 36.4 Å². The fourth-order valence-corrected chi connectivity index (χ4v) is 14.1. The van der Waals surface area contributed by atoms with Crippen LogP contribution in [-0.4, -0.2) is 185 Å². The SMILES string of the molecule is C[C@H]1NC(=O)[C@H](CCCCN)NC(=O)CCSCc2cccc(c2)CSCCNC(=O)[C@]2(C)CCCN2C(=O)[C@H](Cc2ccc(O)cc2)N(C)C(=O)[C@H](Cc2cnc[nH]2)NC(=O)[C@H](CC(=O)O)NC(=O)C(Cc2c[nH]c3ccc(F)cc23)NC(=O)C(Cc2c[nH]c3ccc(F)cc23)NC1=O.[HH]. The molecular weight excluding hydrogens is 1330 g/mol. The van der Waals surface area contributed by atoms with Crippen LogP contribution in [0, 0.1) is 11.6 Å². The number of aromatic nitrogens is 4. The molecule has 0 radical (unpaired) electrons. The third kappa shape index (κ3) is 19.8. The van der Waals surface area contributed by atoms with Crippen LogP contribution in [0.5, 0.6) is 5.75 Å². The second kappa shape index (κ2) is 34.8. The van der Waals surface area contributed by atoms with Crippen LogP contribution >= 0.6 is 23.5 Å². The zero-order valence-corrected chi connectivity index (χ0v) is 57.3. The summed E-state index contributed by atoms with van der Waals surface area (Å²) in [6.45, 7) is 3.73. The Balaban J connectivity index is 0.0000130. The molecule has 2 aliphatic heterocycles. The highest BCUT2D eigenvalue weighted by Crippen LogP contribution is 2.32. The lowest BCUT2D eigenvalue weighted by molar-refractivity contribution is -0.152. The lowest BCUT2D eigenvalue weighted by Gasteiger charge is -2.39. The number of nitrogens with two attached hydrogens (primary N) is 1. The molecule has 9 rings (SSSR count). The third-order valence-corrected chi connectivity index (χ3v) is 20.0. The van der Waals surface area contributed by atoms with Gasteiger partial charge >= 0.3 is 5.97 Å². The monoisotopic (exact) mass is 1420 g/mol. The Morgan fingerprint density at radius 3 is 1.88 bits per heavy atom. The van der Waals surface area contributed by atoms with E-state index >= 15 is 19.2 Å². The first-order valence-electron chi connectivity index (χ1n) is 33.1. The molecular formula is C70H86F2N14O12S2. The number of rotatable bonds is 14. The highest BCUT2D eigenvalue weighted by atomic mass is 32.2. The molecule has 30 heteroatoms. The van der Waals surface area contributed by atoms with Crippen LogP contribution in [0.3, 0.4) is 0 Å². The minimum Gasteiger partial charge on any atom is -0.508 e. The first-order chi connectivity index (χ1) is 48.0. The van der Waals surface area contributed by atoms with E-state index in [9.17, 15) is 47.8 Å². The molecule has 100 heavy (non-hydrogen) atoms. The van der Waals surface area contributed by atoms with Crippen LogP contribution in [0.4, 0.5) is 8.78 Å². The van der Waals surface area contributed by atoms with E-state index in [-0.39, 0.29) is 69.7 Å². The molecule has 534 valence electrons. The summed E-state index contributed by atoms with van der Waals surface area (Å²) in [4.78, 5) is 161. The minimum atomic E-state index is -2.01. The van der Waals surface area contributed by atoms with E-state index in [0.717, 1.165) is 16.0 Å². The van der Waals surface area contributed by atoms with Gasteiger partial charge in [0.1, 0.15) is 65.2 Å². The number of nitrogens with one attached hydrogen (secondary N) is 10. The number of H-pyrrole nitrogens is 3. The molecule has 2 aliphatic rings. The standard InChI is InChI=1S/C70H84F2N14O12S2.H2/c1-40-62(91)81-55(28-44-34-76-52-17-13-46(71)30-50(44)52)64(93)82-56(29-45-35-77-53-18-14-47(72)31-51(45)53)65(94)83-57(33-61(89)90)66(95)84-58(32-48-36-74-39-78-48)67(96)85(3)59(27-41-11-15-49(87)16-12-41)68(97)86-23-7-20-70(86,2)69(98)75-22-25-100-38-43-9-6-8-42(26-43)37-99-24-19-60(88)80-54(63(92)79-40)10-4-5-21-73;/h6,8-9,11-18,26,30-31,34-36,39-40,54-59,76-77,87H,4-5,7,10,19-25,27-29,32-33,37-38,73H2,1-3H3,(H,74,78)(H,75,98)(H,79,92)(H,80,88)(H,81,91)(H,82,93)(H,83,94)(H,84,95)(H,89,90);1H/t40-,54+,55?,56?,57+,58+,59+,70+;/m1./s1. The molecule has 9 amide bonds. The molecule has 0 saturated carbocycles. The number of imidazole rings is 1. The van der Waals surface area contributed by atoms with Crippen molar-refractivity contribution in [3.63, 3.8) is 0 Å². The number of carboxylic acid groups (broad SMARTS) is 1. The Kier molecular flexibility index (Phi) is 25.9. The predicted octanol–water partition coefficient (Wildman–Crippen LogP) is 4.30. The lowest BCUT2D eigenvalue weighted by atomic mass is 9.95. The van der Waals surface area contributed by atoms with E-state index in [1.54, 1.807) is 30.8 Å². The quantitative estimate of drug-likeness (QED) is 0.0675. The largest absolute Gasteiger partial charge is 0.508 e. The van der Waals surface area contributed by atoms with Crippen LogP contribution in [0.1, 0.15) is 93.7 Å². The first kappa shape index (κ1) is 74.4. The summed E-state index contributed by atoms with van der Waals surface area (Å²) in [5, 5.41) is 40.1. The number of fused-ring (bicyclic) bond motifs is 5. The van der Waals surface area contributed by atoms with Crippen molar-refractivity contribution in [2.24, 2.45) is 5.73 Å². The van der Waals surface area contributed by atoms with Crippen molar-refractivity contribution in [1.82, 2.24) is 67.0 Å². The van der Waals surface area contributed by atoms with Crippen molar-refractivity contribution in [2.75, 3.05) is 38.2 Å². The summed E-state index contributed by atoms with van der Waals surface area (Å²) in [6.07, 6.45) is 5.16. The maximum absolute atomic E-state index is 15.3. The molecule has 4 aromatic carbocycles. The number of carbonyl (C=O) groups excluding carboxylic acids is 9. The van der Waals surface area contributed by atoms with Crippen LogP contribution in [0.15, 0.2) is 110 Å². The minimum absolute atomic E-state index is 0. The Morgan fingerprint density at radius 2 is 1.27 bits per heavy atom. The van der Waals surface area contributed by atoms with Crippen molar-refractivity contribution in [2.45, 2.75) is 144 Å². The highest BCUT2D eigenvalue weighted by Gasteiger charge is 2.49. The number of aromatic hydroxyl groups is 1. The number of thioether (sulfide) groups is 2. The van der Waals surface area contributed by atoms with E-state index in [2.05, 4.69) is 63.2 Å². The molecule has 1 saturated heterocycles. The van der Waals surface area contributed by atoms with Gasteiger partial charge in [-0.3, -0.25) is 47.9 Å². The molecule has 2 unspecified atom stereocenters. The number of carbonyl (C=O) groups is 10. The molecule has 0 spiro atoms. The molecule has 14 N–H and O–H groups in total. The molecule has 1 fully saturated rings. The number of phenols is 1. The Hall–Kier alpha value is -9.81. The number of hydrogen-bond acceptors (Lipinski definition) is 15. The summed E-state index contributed by atoms with van der Waals surface area (Å²) in [7, 11) is 1.35. The lowest BCUT2D eigenvalue weighted by Crippen LogP contribution is -2.62. The van der Waals surface area contributed by atoms with Gasteiger partial charge in [-0.2, -0.15) is 23.5 Å². The molecule has 5 heterocycles. The van der Waals surface area contributed by atoms with Crippen molar-refractivity contribution in [3.8, 4) is 5.75 Å². The second-order valence-electron chi connectivity index (χ2n) is 25.3. The van der Waals surface area contributed by atoms with E-state index in [1.807, 2.05) is 18.2 Å². The molecule has 0 aliphatic carbocycles. The number of phenolic OH excluding ortho intramolecular Hbond substituents is 1. The van der Waals surface area contributed by atoms with Gasteiger partial charge in [0.15, 0.2) is 0 Å². The highest BCUT2D eigenvalue weighted by molar-refractivity contribution is 7.98. The van der Waals surface area contributed by atoms with Gasteiger partial charge in [0.2, 0.25) is 53.2 Å². The van der Waals surface area contributed by atoms with E-state index in [1.165, 1.54) is 104 Å². The zero-order valence-electron chi connectivity index (χ0n) is 55.6.